The molecule has 0 spiro atoms. The van der Waals surface area contributed by atoms with Crippen molar-refractivity contribution >= 4 is 22.5 Å². The van der Waals surface area contributed by atoms with Gasteiger partial charge in [0, 0.05) is 25.9 Å². The van der Waals surface area contributed by atoms with Gasteiger partial charge in [0.2, 0.25) is 5.78 Å². The number of nitrogens with zero attached hydrogens (tertiary/aromatic N) is 4. The van der Waals surface area contributed by atoms with E-state index in [9.17, 15) is 5.11 Å². The van der Waals surface area contributed by atoms with Crippen molar-refractivity contribution in [3.05, 3.63) is 54.7 Å². The maximum Gasteiger partial charge on any atom is 0.235 e. The van der Waals surface area contributed by atoms with Crippen LogP contribution in [0.15, 0.2) is 54.7 Å². The molecule has 0 bridgehead atoms. The molecule has 0 atom stereocenters. The zero-order chi connectivity index (χ0) is 16.0. The van der Waals surface area contributed by atoms with Gasteiger partial charge in [-0.3, -0.25) is 4.40 Å². The molecule has 0 unspecified atom stereocenters. The number of hydrogen-bond acceptors (Lipinski definition) is 4. The molecular weight excluding hydrogens is 288 g/mol. The van der Waals surface area contributed by atoms with Crippen molar-refractivity contribution < 1.29 is 5.11 Å². The first kappa shape index (κ1) is 13.6. The summed E-state index contributed by atoms with van der Waals surface area (Å²) in [6, 6.07) is 15.1. The van der Waals surface area contributed by atoms with E-state index in [1.54, 1.807) is 12.1 Å². The van der Waals surface area contributed by atoms with E-state index >= 15 is 0 Å². The highest BCUT2D eigenvalue weighted by Crippen LogP contribution is 2.30. The van der Waals surface area contributed by atoms with Gasteiger partial charge in [0.15, 0.2) is 0 Å². The van der Waals surface area contributed by atoms with Gasteiger partial charge < -0.3 is 10.0 Å². The molecule has 2 aromatic carbocycles. The molecule has 1 N–H and O–H groups in total. The van der Waals surface area contributed by atoms with Crippen LogP contribution >= 0.6 is 0 Å². The summed E-state index contributed by atoms with van der Waals surface area (Å²) in [6.45, 7) is 0. The lowest BCUT2D eigenvalue weighted by atomic mass is 10.1. The first-order chi connectivity index (χ1) is 11.1. The summed E-state index contributed by atoms with van der Waals surface area (Å²) >= 11 is 0. The third-order valence-corrected chi connectivity index (χ3v) is 3.91. The molecule has 23 heavy (non-hydrogen) atoms. The zero-order valence-electron chi connectivity index (χ0n) is 12.9. The fourth-order valence-corrected chi connectivity index (χ4v) is 2.74. The number of aromatic hydroxyl groups is 1. The van der Waals surface area contributed by atoms with Crippen molar-refractivity contribution in [2.45, 2.75) is 0 Å². The number of fused-ring (bicyclic) bond motifs is 3. The van der Waals surface area contributed by atoms with Gasteiger partial charge in [0.05, 0.1) is 22.4 Å². The van der Waals surface area contributed by atoms with Gasteiger partial charge in [-0.1, -0.05) is 12.1 Å². The van der Waals surface area contributed by atoms with Crippen LogP contribution in [0.4, 0.5) is 5.69 Å². The molecule has 4 rings (SSSR count). The fourth-order valence-electron chi connectivity index (χ4n) is 2.74. The van der Waals surface area contributed by atoms with Crippen molar-refractivity contribution in [1.82, 2.24) is 14.4 Å². The number of para-hydroxylation sites is 2. The van der Waals surface area contributed by atoms with Crippen LogP contribution in [0.25, 0.3) is 28.1 Å². The minimum atomic E-state index is 0.243. The largest absolute Gasteiger partial charge is 0.508 e. The topological polar surface area (TPSA) is 53.7 Å². The predicted molar refractivity (Wildman–Crippen MR) is 91.9 cm³/mol. The van der Waals surface area contributed by atoms with Crippen LogP contribution in [0, 0.1) is 0 Å². The monoisotopic (exact) mass is 304 g/mol. The summed E-state index contributed by atoms with van der Waals surface area (Å²) < 4.78 is 2.01. The Kier molecular flexibility index (Phi) is 2.94. The van der Waals surface area contributed by atoms with Crippen LogP contribution in [-0.4, -0.2) is 33.6 Å². The molecule has 0 aliphatic heterocycles. The van der Waals surface area contributed by atoms with Gasteiger partial charge in [0.1, 0.15) is 5.75 Å². The van der Waals surface area contributed by atoms with Crippen molar-refractivity contribution in [1.29, 1.82) is 0 Å². The molecule has 2 heterocycles. The standard InChI is InChI=1S/C18H16N4O/c1-21(2)16-11-22-15-6-4-3-5-14(15)19-18(22)20-17(16)12-7-9-13(23)10-8-12/h3-11,23H,1-2H3. The summed E-state index contributed by atoms with van der Waals surface area (Å²) in [5, 5.41) is 9.50. The number of anilines is 1. The van der Waals surface area contributed by atoms with E-state index in [1.807, 2.05) is 59.8 Å². The van der Waals surface area contributed by atoms with E-state index in [0.29, 0.717) is 5.78 Å². The molecule has 0 saturated carbocycles. The maximum absolute atomic E-state index is 9.50. The van der Waals surface area contributed by atoms with Gasteiger partial charge in [0.25, 0.3) is 0 Å². The van der Waals surface area contributed by atoms with Crippen molar-refractivity contribution in [2.75, 3.05) is 19.0 Å². The van der Waals surface area contributed by atoms with Gasteiger partial charge in [-0.05, 0) is 36.4 Å². The lowest BCUT2D eigenvalue weighted by molar-refractivity contribution is 0.475. The quantitative estimate of drug-likeness (QED) is 0.617. The van der Waals surface area contributed by atoms with E-state index in [1.165, 1.54) is 0 Å². The highest BCUT2D eigenvalue weighted by molar-refractivity contribution is 5.83. The van der Waals surface area contributed by atoms with Gasteiger partial charge >= 0.3 is 0 Å². The molecule has 2 aromatic heterocycles. The minimum Gasteiger partial charge on any atom is -0.508 e. The van der Waals surface area contributed by atoms with Gasteiger partial charge in [-0.2, -0.15) is 0 Å². The lowest BCUT2D eigenvalue weighted by Crippen LogP contribution is -2.12. The molecule has 0 amide bonds. The Hall–Kier alpha value is -3.08. The molecule has 5 heteroatoms. The van der Waals surface area contributed by atoms with Crippen molar-refractivity contribution in [3.8, 4) is 17.0 Å². The van der Waals surface area contributed by atoms with E-state index in [4.69, 9.17) is 4.98 Å². The average molecular weight is 304 g/mol. The average Bonchev–Trinajstić information content (AvgIpc) is 2.92. The molecule has 0 saturated heterocycles. The predicted octanol–water partition coefficient (Wildman–Crippen LogP) is 3.32. The number of imidazole rings is 1. The fraction of sp³-hybridized carbons (Fsp3) is 0.111. The van der Waals surface area contributed by atoms with Crippen LogP contribution in [0.3, 0.4) is 0 Å². The van der Waals surface area contributed by atoms with E-state index in [2.05, 4.69) is 11.2 Å². The van der Waals surface area contributed by atoms with E-state index in [0.717, 1.165) is 28.0 Å². The lowest BCUT2D eigenvalue weighted by Gasteiger charge is -2.17. The molecular formula is C18H16N4O. The SMILES string of the molecule is CN(C)c1cn2c(nc1-c1ccc(O)cc1)nc1ccccc12. The molecule has 0 fully saturated rings. The van der Waals surface area contributed by atoms with Crippen LogP contribution in [0.1, 0.15) is 0 Å². The normalized spacial score (nSPS) is 11.2. The summed E-state index contributed by atoms with van der Waals surface area (Å²) in [7, 11) is 3.98. The Bertz CT molecular complexity index is 1000. The molecule has 4 aromatic rings. The first-order valence-electron chi connectivity index (χ1n) is 7.38. The number of rotatable bonds is 2. The van der Waals surface area contributed by atoms with Crippen LogP contribution in [0.2, 0.25) is 0 Å². The van der Waals surface area contributed by atoms with E-state index in [-0.39, 0.29) is 5.75 Å². The second-order valence-electron chi connectivity index (χ2n) is 5.69. The van der Waals surface area contributed by atoms with Crippen LogP contribution < -0.4 is 4.90 Å². The Morgan fingerprint density at radius 3 is 2.43 bits per heavy atom. The minimum absolute atomic E-state index is 0.243. The highest BCUT2D eigenvalue weighted by Gasteiger charge is 2.14. The number of phenolic OH excluding ortho intramolecular Hbond substituents is 1. The Balaban J connectivity index is 2.04. The highest BCUT2D eigenvalue weighted by atomic mass is 16.3. The maximum atomic E-state index is 9.50. The summed E-state index contributed by atoms with van der Waals surface area (Å²) in [6.07, 6.45) is 2.06. The Morgan fingerprint density at radius 2 is 1.70 bits per heavy atom. The molecule has 5 nitrogen and oxygen atoms in total. The summed E-state index contributed by atoms with van der Waals surface area (Å²) in [5.41, 5.74) is 4.74. The Morgan fingerprint density at radius 1 is 0.957 bits per heavy atom. The number of hydrogen-bond donors (Lipinski definition) is 1. The molecule has 0 radical (unpaired) electrons. The van der Waals surface area contributed by atoms with Gasteiger partial charge in [-0.25, -0.2) is 9.97 Å². The van der Waals surface area contributed by atoms with Crippen molar-refractivity contribution in [3.63, 3.8) is 0 Å². The van der Waals surface area contributed by atoms with E-state index < -0.39 is 0 Å². The second-order valence-corrected chi connectivity index (χ2v) is 5.69. The third-order valence-electron chi connectivity index (χ3n) is 3.91. The molecule has 0 aliphatic rings. The number of benzene rings is 2. The molecule has 114 valence electrons. The number of aromatic nitrogens is 3. The molecule has 0 aliphatic carbocycles. The third kappa shape index (κ3) is 2.17. The van der Waals surface area contributed by atoms with Crippen LogP contribution in [0.5, 0.6) is 5.75 Å². The second kappa shape index (κ2) is 4.98. The van der Waals surface area contributed by atoms with Crippen LogP contribution in [-0.2, 0) is 0 Å². The zero-order valence-corrected chi connectivity index (χ0v) is 12.9. The van der Waals surface area contributed by atoms with Crippen molar-refractivity contribution in [2.24, 2.45) is 0 Å². The Labute approximate surface area is 133 Å². The smallest absolute Gasteiger partial charge is 0.235 e. The first-order valence-corrected chi connectivity index (χ1v) is 7.38. The number of phenols is 1. The van der Waals surface area contributed by atoms with Gasteiger partial charge in [-0.15, -0.1) is 0 Å². The summed E-state index contributed by atoms with van der Waals surface area (Å²) in [5.74, 6) is 0.910. The summed E-state index contributed by atoms with van der Waals surface area (Å²) in [4.78, 5) is 11.4.